The lowest BCUT2D eigenvalue weighted by Gasteiger charge is -2.13. The molecule has 5 nitrogen and oxygen atoms in total. The van der Waals surface area contributed by atoms with Crippen LogP contribution in [0.3, 0.4) is 0 Å². The zero-order valence-corrected chi connectivity index (χ0v) is 12.0. The smallest absolute Gasteiger partial charge is 0.241 e. The van der Waals surface area contributed by atoms with Gasteiger partial charge < -0.3 is 5.43 Å². The first-order valence-electron chi connectivity index (χ1n) is 5.65. The van der Waals surface area contributed by atoms with E-state index in [1.165, 1.54) is 23.5 Å². The van der Waals surface area contributed by atoms with Crippen LogP contribution in [-0.2, 0) is 10.0 Å². The molecule has 0 bridgehead atoms. The molecule has 0 aliphatic heterocycles. The van der Waals surface area contributed by atoms with Crippen molar-refractivity contribution in [2.45, 2.75) is 17.9 Å². The highest BCUT2D eigenvalue weighted by molar-refractivity contribution is 7.89. The molecule has 0 amide bonds. The molecular formula is C12H15N3O2S2. The third-order valence-electron chi connectivity index (χ3n) is 2.63. The molecule has 0 fully saturated rings. The Labute approximate surface area is 116 Å². The molecule has 1 aromatic heterocycles. The number of hydrazine groups is 1. The van der Waals surface area contributed by atoms with Gasteiger partial charge in [-0.1, -0.05) is 6.07 Å². The Bertz CT molecular complexity index is 622. The number of nitrogens with two attached hydrogens (primary N) is 1. The van der Waals surface area contributed by atoms with Crippen molar-refractivity contribution < 1.29 is 8.42 Å². The van der Waals surface area contributed by atoms with Crippen molar-refractivity contribution in [2.75, 3.05) is 5.43 Å². The fourth-order valence-corrected chi connectivity index (χ4v) is 3.66. The van der Waals surface area contributed by atoms with Crippen LogP contribution in [0.2, 0.25) is 0 Å². The Balaban J connectivity index is 2.17. The number of benzene rings is 1. The van der Waals surface area contributed by atoms with Gasteiger partial charge in [0.25, 0.3) is 0 Å². The van der Waals surface area contributed by atoms with Gasteiger partial charge in [-0.25, -0.2) is 13.1 Å². The quantitative estimate of drug-likeness (QED) is 0.582. The van der Waals surface area contributed by atoms with Crippen LogP contribution < -0.4 is 16.0 Å². The van der Waals surface area contributed by atoms with Crippen molar-refractivity contribution in [3.8, 4) is 0 Å². The molecule has 2 rings (SSSR count). The third kappa shape index (κ3) is 3.32. The Kier molecular flexibility index (Phi) is 4.20. The average molecular weight is 297 g/mol. The predicted octanol–water partition coefficient (Wildman–Crippen LogP) is 2.07. The Morgan fingerprint density at radius 2 is 1.89 bits per heavy atom. The van der Waals surface area contributed by atoms with E-state index in [2.05, 4.69) is 10.1 Å². The molecule has 0 aliphatic rings. The maximum atomic E-state index is 12.2. The van der Waals surface area contributed by atoms with Crippen LogP contribution in [0.1, 0.15) is 17.8 Å². The standard InChI is InChI=1S/C12H15N3O2S2/c1-9(12-3-2-8-18-12)15-19(16,17)11-6-4-10(14-13)5-7-11/h2-9,14-15H,13H2,1H3. The number of rotatable bonds is 5. The van der Waals surface area contributed by atoms with Gasteiger partial charge in [0.05, 0.1) is 10.9 Å². The van der Waals surface area contributed by atoms with Crippen molar-refractivity contribution in [3.05, 3.63) is 46.7 Å². The first-order chi connectivity index (χ1) is 9.03. The molecule has 0 saturated heterocycles. The number of thiophene rings is 1. The first-order valence-corrected chi connectivity index (χ1v) is 8.01. The van der Waals surface area contributed by atoms with Crippen LogP contribution in [0.5, 0.6) is 0 Å². The topological polar surface area (TPSA) is 84.2 Å². The second-order valence-corrected chi connectivity index (χ2v) is 6.72. The molecule has 0 saturated carbocycles. The zero-order valence-electron chi connectivity index (χ0n) is 10.3. The van der Waals surface area contributed by atoms with E-state index in [0.717, 1.165) is 4.88 Å². The average Bonchev–Trinajstić information content (AvgIpc) is 2.92. The van der Waals surface area contributed by atoms with E-state index in [9.17, 15) is 8.42 Å². The Hall–Kier alpha value is -1.41. The molecular weight excluding hydrogens is 282 g/mol. The van der Waals surface area contributed by atoms with E-state index >= 15 is 0 Å². The van der Waals surface area contributed by atoms with Crippen molar-refractivity contribution in [1.82, 2.24) is 4.72 Å². The second-order valence-electron chi connectivity index (χ2n) is 4.03. The molecule has 0 aliphatic carbocycles. The van der Waals surface area contributed by atoms with Crippen molar-refractivity contribution >= 4 is 27.0 Å². The summed E-state index contributed by atoms with van der Waals surface area (Å²) in [5, 5.41) is 1.92. The van der Waals surface area contributed by atoms with Crippen molar-refractivity contribution in [2.24, 2.45) is 5.84 Å². The molecule has 7 heteroatoms. The summed E-state index contributed by atoms with van der Waals surface area (Å²) < 4.78 is 27.0. The van der Waals surface area contributed by atoms with Crippen molar-refractivity contribution in [1.29, 1.82) is 0 Å². The lowest BCUT2D eigenvalue weighted by atomic mass is 10.3. The number of hydrogen-bond acceptors (Lipinski definition) is 5. The third-order valence-corrected chi connectivity index (χ3v) is 5.24. The highest BCUT2D eigenvalue weighted by Crippen LogP contribution is 2.21. The van der Waals surface area contributed by atoms with E-state index in [4.69, 9.17) is 5.84 Å². The predicted molar refractivity (Wildman–Crippen MR) is 77.3 cm³/mol. The molecule has 0 spiro atoms. The maximum absolute atomic E-state index is 12.2. The summed E-state index contributed by atoms with van der Waals surface area (Å²) in [5.74, 6) is 5.24. The highest BCUT2D eigenvalue weighted by Gasteiger charge is 2.18. The van der Waals surface area contributed by atoms with E-state index in [1.54, 1.807) is 12.1 Å². The van der Waals surface area contributed by atoms with Crippen LogP contribution in [0.15, 0.2) is 46.7 Å². The second kappa shape index (κ2) is 5.70. The first kappa shape index (κ1) is 14.0. The van der Waals surface area contributed by atoms with Gasteiger partial charge in [-0.2, -0.15) is 0 Å². The van der Waals surface area contributed by atoms with Gasteiger partial charge in [-0.05, 0) is 42.6 Å². The molecule has 19 heavy (non-hydrogen) atoms. The molecule has 1 atom stereocenters. The van der Waals surface area contributed by atoms with Gasteiger partial charge in [0.15, 0.2) is 0 Å². The number of nitrogens with one attached hydrogen (secondary N) is 2. The lowest BCUT2D eigenvalue weighted by Crippen LogP contribution is -2.26. The summed E-state index contributed by atoms with van der Waals surface area (Å²) in [6.45, 7) is 1.82. The number of sulfonamides is 1. The van der Waals surface area contributed by atoms with Gasteiger partial charge in [-0.3, -0.25) is 5.84 Å². The van der Waals surface area contributed by atoms with Gasteiger partial charge in [0.2, 0.25) is 10.0 Å². The van der Waals surface area contributed by atoms with Crippen LogP contribution in [0.4, 0.5) is 5.69 Å². The number of anilines is 1. The summed E-state index contributed by atoms with van der Waals surface area (Å²) in [6.07, 6.45) is 0. The van der Waals surface area contributed by atoms with Gasteiger partial charge in [0, 0.05) is 10.6 Å². The summed E-state index contributed by atoms with van der Waals surface area (Å²) in [4.78, 5) is 1.19. The number of hydrogen-bond donors (Lipinski definition) is 3. The van der Waals surface area contributed by atoms with Gasteiger partial charge >= 0.3 is 0 Å². The largest absolute Gasteiger partial charge is 0.324 e. The fourth-order valence-electron chi connectivity index (χ4n) is 1.63. The summed E-state index contributed by atoms with van der Waals surface area (Å²) >= 11 is 1.52. The van der Waals surface area contributed by atoms with Crippen LogP contribution in [-0.4, -0.2) is 8.42 Å². The Morgan fingerprint density at radius 1 is 1.21 bits per heavy atom. The molecule has 0 radical (unpaired) electrons. The zero-order chi connectivity index (χ0) is 13.9. The molecule has 4 N–H and O–H groups in total. The summed E-state index contributed by atoms with van der Waals surface area (Å²) in [6, 6.07) is 9.80. The van der Waals surface area contributed by atoms with Crippen LogP contribution in [0, 0.1) is 0 Å². The van der Waals surface area contributed by atoms with E-state index in [1.807, 2.05) is 24.4 Å². The van der Waals surface area contributed by atoms with E-state index in [-0.39, 0.29) is 10.9 Å². The molecule has 102 valence electrons. The van der Waals surface area contributed by atoms with Crippen LogP contribution in [0.25, 0.3) is 0 Å². The summed E-state index contributed by atoms with van der Waals surface area (Å²) in [5.41, 5.74) is 3.11. The minimum absolute atomic E-state index is 0.218. The lowest BCUT2D eigenvalue weighted by molar-refractivity contribution is 0.568. The maximum Gasteiger partial charge on any atom is 0.241 e. The molecule has 1 aromatic carbocycles. The monoisotopic (exact) mass is 297 g/mol. The molecule has 1 unspecified atom stereocenters. The normalized spacial score (nSPS) is 13.2. The molecule has 2 aromatic rings. The molecule has 1 heterocycles. The number of nitrogen functional groups attached to an aromatic ring is 1. The van der Waals surface area contributed by atoms with Gasteiger partial charge in [0.1, 0.15) is 0 Å². The highest BCUT2D eigenvalue weighted by atomic mass is 32.2. The van der Waals surface area contributed by atoms with Crippen LogP contribution >= 0.6 is 11.3 Å². The minimum atomic E-state index is -3.52. The summed E-state index contributed by atoms with van der Waals surface area (Å²) in [7, 11) is -3.52. The van der Waals surface area contributed by atoms with E-state index < -0.39 is 10.0 Å². The minimum Gasteiger partial charge on any atom is -0.324 e. The van der Waals surface area contributed by atoms with E-state index in [0.29, 0.717) is 5.69 Å². The SMILES string of the molecule is CC(NS(=O)(=O)c1ccc(NN)cc1)c1cccs1. The van der Waals surface area contributed by atoms with Crippen molar-refractivity contribution in [3.63, 3.8) is 0 Å². The Morgan fingerprint density at radius 3 is 2.42 bits per heavy atom. The fraction of sp³-hybridized carbons (Fsp3) is 0.167. The van der Waals surface area contributed by atoms with Gasteiger partial charge in [-0.15, -0.1) is 11.3 Å².